The molecule has 0 aliphatic carbocycles. The summed E-state index contributed by atoms with van der Waals surface area (Å²) < 4.78 is 5.57. The minimum absolute atomic E-state index is 0.155. The van der Waals surface area contributed by atoms with Crippen LogP contribution in [0.2, 0.25) is 5.02 Å². The molecule has 0 heterocycles. The largest absolute Gasteiger partial charge is 0.465 e. The van der Waals surface area contributed by atoms with Crippen LogP contribution in [0.15, 0.2) is 22.7 Å². The van der Waals surface area contributed by atoms with Gasteiger partial charge < -0.3 is 10.1 Å². The molecule has 1 N–H and O–H groups in total. The van der Waals surface area contributed by atoms with Crippen LogP contribution < -0.4 is 5.32 Å². The number of hydrogen-bond donors (Lipinski definition) is 1. The van der Waals surface area contributed by atoms with Crippen molar-refractivity contribution in [2.75, 3.05) is 18.5 Å². The summed E-state index contributed by atoms with van der Waals surface area (Å²) in [7, 11) is 0. The van der Waals surface area contributed by atoms with Crippen molar-refractivity contribution in [3.63, 3.8) is 0 Å². The molecule has 0 aliphatic heterocycles. The van der Waals surface area contributed by atoms with Crippen molar-refractivity contribution in [3.8, 4) is 0 Å². The van der Waals surface area contributed by atoms with Crippen molar-refractivity contribution < 1.29 is 9.53 Å². The Labute approximate surface area is 102 Å². The first-order valence-electron chi connectivity index (χ1n) is 4.48. The second-order valence-electron chi connectivity index (χ2n) is 2.79. The molecule has 0 bridgehead atoms. The zero-order valence-electron chi connectivity index (χ0n) is 8.22. The number of benzene rings is 1. The maximum absolute atomic E-state index is 11.0. The van der Waals surface area contributed by atoms with Gasteiger partial charge in [-0.3, -0.25) is 4.79 Å². The van der Waals surface area contributed by atoms with Gasteiger partial charge in [0.25, 0.3) is 0 Å². The number of anilines is 1. The van der Waals surface area contributed by atoms with Gasteiger partial charge >= 0.3 is 5.97 Å². The lowest BCUT2D eigenvalue weighted by Crippen LogP contribution is -2.16. The Morgan fingerprint density at radius 2 is 2.33 bits per heavy atom. The molecule has 0 radical (unpaired) electrons. The summed E-state index contributed by atoms with van der Waals surface area (Å²) in [6.07, 6.45) is 0. The standard InChI is InChI=1S/C10H11BrClNO2/c1-2-15-10(14)6-13-7-3-4-9(12)8(11)5-7/h3-5,13H,2,6H2,1H3. The summed E-state index contributed by atoms with van der Waals surface area (Å²) in [5, 5.41) is 3.57. The van der Waals surface area contributed by atoms with Crippen LogP contribution in [0.1, 0.15) is 6.92 Å². The number of carbonyl (C=O) groups excluding carboxylic acids is 1. The van der Waals surface area contributed by atoms with E-state index >= 15 is 0 Å². The fourth-order valence-electron chi connectivity index (χ4n) is 0.992. The fourth-order valence-corrected chi connectivity index (χ4v) is 1.49. The van der Waals surface area contributed by atoms with E-state index in [9.17, 15) is 4.79 Å². The van der Waals surface area contributed by atoms with E-state index in [4.69, 9.17) is 16.3 Å². The van der Waals surface area contributed by atoms with E-state index in [1.165, 1.54) is 0 Å². The third-order valence-electron chi connectivity index (χ3n) is 1.66. The number of rotatable bonds is 4. The van der Waals surface area contributed by atoms with Crippen molar-refractivity contribution in [2.45, 2.75) is 6.92 Å². The Morgan fingerprint density at radius 3 is 2.93 bits per heavy atom. The van der Waals surface area contributed by atoms with Crippen LogP contribution in [0.4, 0.5) is 5.69 Å². The molecule has 5 heteroatoms. The van der Waals surface area contributed by atoms with E-state index in [0.717, 1.165) is 10.2 Å². The maximum atomic E-state index is 11.0. The van der Waals surface area contributed by atoms with Crippen LogP contribution >= 0.6 is 27.5 Å². The Kier molecular flexibility index (Phi) is 4.91. The molecule has 1 aromatic rings. The summed E-state index contributed by atoms with van der Waals surface area (Å²) >= 11 is 9.12. The number of halogens is 2. The highest BCUT2D eigenvalue weighted by molar-refractivity contribution is 9.10. The first-order valence-corrected chi connectivity index (χ1v) is 5.65. The summed E-state index contributed by atoms with van der Waals surface area (Å²) in [6.45, 7) is 2.32. The summed E-state index contributed by atoms with van der Waals surface area (Å²) in [5.74, 6) is -0.274. The molecule has 0 spiro atoms. The minimum atomic E-state index is -0.274. The smallest absolute Gasteiger partial charge is 0.325 e. The van der Waals surface area contributed by atoms with E-state index in [1.54, 1.807) is 19.1 Å². The highest BCUT2D eigenvalue weighted by atomic mass is 79.9. The fraction of sp³-hybridized carbons (Fsp3) is 0.300. The second kappa shape index (κ2) is 5.98. The van der Waals surface area contributed by atoms with Crippen LogP contribution in [-0.2, 0) is 9.53 Å². The topological polar surface area (TPSA) is 38.3 Å². The maximum Gasteiger partial charge on any atom is 0.325 e. The lowest BCUT2D eigenvalue weighted by molar-refractivity contribution is -0.140. The zero-order chi connectivity index (χ0) is 11.3. The third-order valence-corrected chi connectivity index (χ3v) is 2.88. The van der Waals surface area contributed by atoms with E-state index in [2.05, 4.69) is 21.2 Å². The van der Waals surface area contributed by atoms with Gasteiger partial charge in [0, 0.05) is 10.2 Å². The van der Waals surface area contributed by atoms with E-state index in [0.29, 0.717) is 11.6 Å². The normalized spacial score (nSPS) is 9.80. The van der Waals surface area contributed by atoms with Gasteiger partial charge in [0.1, 0.15) is 6.54 Å². The SMILES string of the molecule is CCOC(=O)CNc1ccc(Cl)c(Br)c1. The van der Waals surface area contributed by atoms with E-state index in [-0.39, 0.29) is 12.5 Å². The Bertz CT molecular complexity index is 357. The van der Waals surface area contributed by atoms with Gasteiger partial charge in [-0.1, -0.05) is 11.6 Å². The zero-order valence-corrected chi connectivity index (χ0v) is 10.6. The summed E-state index contributed by atoms with van der Waals surface area (Å²) in [4.78, 5) is 11.0. The molecular weight excluding hydrogens is 281 g/mol. The van der Waals surface area contributed by atoms with Gasteiger partial charge in [0.2, 0.25) is 0 Å². The quantitative estimate of drug-likeness (QED) is 0.867. The lowest BCUT2D eigenvalue weighted by Gasteiger charge is -2.06. The Hall–Kier alpha value is -0.740. The van der Waals surface area contributed by atoms with Crippen molar-refractivity contribution in [1.82, 2.24) is 0 Å². The van der Waals surface area contributed by atoms with Crippen LogP contribution in [-0.4, -0.2) is 19.1 Å². The predicted molar refractivity (Wildman–Crippen MR) is 64.3 cm³/mol. The van der Waals surface area contributed by atoms with Gasteiger partial charge in [0.15, 0.2) is 0 Å². The molecule has 3 nitrogen and oxygen atoms in total. The number of ether oxygens (including phenoxy) is 1. The van der Waals surface area contributed by atoms with E-state index in [1.807, 2.05) is 6.07 Å². The van der Waals surface area contributed by atoms with Crippen molar-refractivity contribution in [1.29, 1.82) is 0 Å². The first-order chi connectivity index (χ1) is 7.13. The molecule has 0 aliphatic rings. The number of carbonyl (C=O) groups is 1. The average molecular weight is 293 g/mol. The van der Waals surface area contributed by atoms with Crippen molar-refractivity contribution >= 4 is 39.2 Å². The van der Waals surface area contributed by atoms with Crippen LogP contribution in [0, 0.1) is 0 Å². The number of nitrogens with one attached hydrogen (secondary N) is 1. The Morgan fingerprint density at radius 1 is 1.60 bits per heavy atom. The van der Waals surface area contributed by atoms with Gasteiger partial charge in [-0.2, -0.15) is 0 Å². The van der Waals surface area contributed by atoms with Crippen molar-refractivity contribution in [3.05, 3.63) is 27.7 Å². The minimum Gasteiger partial charge on any atom is -0.465 e. The van der Waals surface area contributed by atoms with E-state index < -0.39 is 0 Å². The lowest BCUT2D eigenvalue weighted by atomic mass is 10.3. The molecule has 0 aromatic heterocycles. The van der Waals surface area contributed by atoms with Gasteiger partial charge in [-0.25, -0.2) is 0 Å². The van der Waals surface area contributed by atoms with Crippen LogP contribution in [0.3, 0.4) is 0 Å². The van der Waals surface area contributed by atoms with Gasteiger partial charge in [-0.05, 0) is 41.1 Å². The molecule has 82 valence electrons. The van der Waals surface area contributed by atoms with Crippen LogP contribution in [0.25, 0.3) is 0 Å². The molecule has 0 saturated carbocycles. The molecule has 15 heavy (non-hydrogen) atoms. The third kappa shape index (κ3) is 4.10. The number of esters is 1. The predicted octanol–water partition coefficient (Wildman–Crippen LogP) is 3.08. The molecule has 0 amide bonds. The Balaban J connectivity index is 2.51. The van der Waals surface area contributed by atoms with Gasteiger partial charge in [0.05, 0.1) is 11.6 Å². The molecule has 1 rings (SSSR count). The average Bonchev–Trinajstić information content (AvgIpc) is 2.20. The molecule has 1 aromatic carbocycles. The first kappa shape index (κ1) is 12.3. The van der Waals surface area contributed by atoms with Crippen LogP contribution in [0.5, 0.6) is 0 Å². The molecule has 0 fully saturated rings. The van der Waals surface area contributed by atoms with Gasteiger partial charge in [-0.15, -0.1) is 0 Å². The summed E-state index contributed by atoms with van der Waals surface area (Å²) in [5.41, 5.74) is 0.819. The highest BCUT2D eigenvalue weighted by Gasteiger charge is 2.02. The molecule has 0 unspecified atom stereocenters. The van der Waals surface area contributed by atoms with Crippen molar-refractivity contribution in [2.24, 2.45) is 0 Å². The molecule has 0 atom stereocenters. The summed E-state index contributed by atoms with van der Waals surface area (Å²) in [6, 6.07) is 5.35. The monoisotopic (exact) mass is 291 g/mol. The number of hydrogen-bond acceptors (Lipinski definition) is 3. The molecule has 0 saturated heterocycles. The molecular formula is C10H11BrClNO2. The second-order valence-corrected chi connectivity index (χ2v) is 4.05. The highest BCUT2D eigenvalue weighted by Crippen LogP contribution is 2.25.